The number of ether oxygens (including phenoxy) is 1. The number of nitrogens with zero attached hydrogens (tertiary/aromatic N) is 6. The van der Waals surface area contributed by atoms with Gasteiger partial charge in [0, 0.05) is 32.2 Å². The highest BCUT2D eigenvalue weighted by atomic mass is 16.6. The van der Waals surface area contributed by atoms with Crippen LogP contribution in [0.4, 0.5) is 10.6 Å². The van der Waals surface area contributed by atoms with Crippen LogP contribution < -0.4 is 5.73 Å². The topological polar surface area (TPSA) is 102 Å². The standard InChI is InChI=1S/C20H27N7O2/c1-2-29-20(28)26-12-10-25(11-13-26)9-5-8-16-23-18(21)17-19(24-16)27(14-22-17)15-6-3-4-7-15/h14-15H,2-4,6-7,9-13H2,1H3,(H2,21,23,24). The van der Waals surface area contributed by atoms with Crippen LogP contribution in [0.15, 0.2) is 6.33 Å². The monoisotopic (exact) mass is 397 g/mol. The van der Waals surface area contributed by atoms with Gasteiger partial charge in [-0.3, -0.25) is 4.90 Å². The Hall–Kier alpha value is -2.86. The number of imidazole rings is 1. The first kappa shape index (κ1) is 19.5. The number of carbonyl (C=O) groups is 1. The van der Waals surface area contributed by atoms with Crippen LogP contribution in [0.2, 0.25) is 0 Å². The van der Waals surface area contributed by atoms with Crippen molar-refractivity contribution in [3.63, 3.8) is 0 Å². The summed E-state index contributed by atoms with van der Waals surface area (Å²) in [6.07, 6.45) is 6.35. The fourth-order valence-electron chi connectivity index (χ4n) is 3.98. The van der Waals surface area contributed by atoms with Crippen LogP contribution in [-0.2, 0) is 4.74 Å². The largest absolute Gasteiger partial charge is 0.450 e. The molecule has 9 nitrogen and oxygen atoms in total. The molecule has 9 heteroatoms. The molecule has 2 fully saturated rings. The smallest absolute Gasteiger partial charge is 0.409 e. The molecule has 29 heavy (non-hydrogen) atoms. The molecular weight excluding hydrogens is 370 g/mol. The van der Waals surface area contributed by atoms with Gasteiger partial charge in [0.15, 0.2) is 11.5 Å². The third-order valence-corrected chi connectivity index (χ3v) is 5.57. The van der Waals surface area contributed by atoms with Gasteiger partial charge >= 0.3 is 6.09 Å². The number of nitrogens with two attached hydrogens (primary N) is 1. The second-order valence-corrected chi connectivity index (χ2v) is 7.46. The van der Waals surface area contributed by atoms with Crippen LogP contribution in [0.1, 0.15) is 44.5 Å². The Labute approximate surface area is 170 Å². The molecule has 3 heterocycles. The summed E-state index contributed by atoms with van der Waals surface area (Å²) in [4.78, 5) is 29.0. The van der Waals surface area contributed by atoms with E-state index in [9.17, 15) is 4.79 Å². The van der Waals surface area contributed by atoms with Crippen molar-refractivity contribution in [1.82, 2.24) is 29.3 Å². The second kappa shape index (κ2) is 8.66. The Bertz CT molecular complexity index is 931. The van der Waals surface area contributed by atoms with E-state index in [1.165, 1.54) is 12.8 Å². The van der Waals surface area contributed by atoms with Crippen molar-refractivity contribution < 1.29 is 9.53 Å². The molecule has 1 aliphatic heterocycles. The van der Waals surface area contributed by atoms with E-state index < -0.39 is 0 Å². The first-order chi connectivity index (χ1) is 14.2. The van der Waals surface area contributed by atoms with Crippen molar-refractivity contribution in [2.75, 3.05) is 45.1 Å². The number of piperazine rings is 1. The van der Waals surface area contributed by atoms with E-state index in [2.05, 4.69) is 36.3 Å². The molecule has 4 rings (SSSR count). The number of rotatable bonds is 3. The zero-order valence-electron chi connectivity index (χ0n) is 16.8. The minimum atomic E-state index is -0.241. The Morgan fingerprint density at radius 1 is 1.24 bits per heavy atom. The number of carbonyl (C=O) groups excluding carboxylic acids is 1. The first-order valence-corrected chi connectivity index (χ1v) is 10.3. The number of aromatic nitrogens is 4. The minimum absolute atomic E-state index is 0.241. The third kappa shape index (κ3) is 4.27. The molecule has 0 atom stereocenters. The van der Waals surface area contributed by atoms with Gasteiger partial charge in [-0.15, -0.1) is 0 Å². The summed E-state index contributed by atoms with van der Waals surface area (Å²) in [6.45, 7) is 5.65. The lowest BCUT2D eigenvalue weighted by Gasteiger charge is -2.32. The molecule has 2 N–H and O–H groups in total. The van der Waals surface area contributed by atoms with Crippen molar-refractivity contribution in [2.45, 2.75) is 38.6 Å². The van der Waals surface area contributed by atoms with Gasteiger partial charge in [0.25, 0.3) is 0 Å². The van der Waals surface area contributed by atoms with Crippen LogP contribution in [0.5, 0.6) is 0 Å². The SMILES string of the molecule is CCOC(=O)N1CCN(CC#Cc2nc(N)c3ncn(C4CCCC4)c3n2)CC1. The zero-order valence-corrected chi connectivity index (χ0v) is 16.8. The summed E-state index contributed by atoms with van der Waals surface area (Å²) < 4.78 is 7.17. The van der Waals surface area contributed by atoms with Gasteiger partial charge in [0.1, 0.15) is 5.52 Å². The molecule has 1 amide bonds. The number of hydrogen-bond acceptors (Lipinski definition) is 7. The molecule has 0 unspecified atom stereocenters. The summed E-state index contributed by atoms with van der Waals surface area (Å²) >= 11 is 0. The van der Waals surface area contributed by atoms with Crippen molar-refractivity contribution >= 4 is 23.1 Å². The summed E-state index contributed by atoms with van der Waals surface area (Å²) in [6, 6.07) is 0.436. The molecule has 2 aromatic heterocycles. The summed E-state index contributed by atoms with van der Waals surface area (Å²) in [5.74, 6) is 7.00. The van der Waals surface area contributed by atoms with E-state index in [0.29, 0.717) is 49.4 Å². The lowest BCUT2D eigenvalue weighted by molar-refractivity contribution is 0.0829. The number of hydrogen-bond donors (Lipinski definition) is 1. The molecule has 0 spiro atoms. The van der Waals surface area contributed by atoms with Gasteiger partial charge in [0.05, 0.1) is 19.5 Å². The van der Waals surface area contributed by atoms with Crippen LogP contribution >= 0.6 is 0 Å². The average molecular weight is 397 g/mol. The molecular formula is C20H27N7O2. The van der Waals surface area contributed by atoms with E-state index in [1.54, 1.807) is 4.90 Å². The van der Waals surface area contributed by atoms with Gasteiger partial charge in [0.2, 0.25) is 5.82 Å². The first-order valence-electron chi connectivity index (χ1n) is 10.3. The molecule has 1 aliphatic carbocycles. The van der Waals surface area contributed by atoms with Crippen LogP contribution in [0, 0.1) is 11.8 Å². The predicted octanol–water partition coefficient (Wildman–Crippen LogP) is 1.65. The van der Waals surface area contributed by atoms with Crippen molar-refractivity contribution in [3.05, 3.63) is 12.2 Å². The summed E-state index contributed by atoms with van der Waals surface area (Å²) in [7, 11) is 0. The van der Waals surface area contributed by atoms with Crippen LogP contribution in [-0.4, -0.2) is 74.7 Å². The molecule has 0 bridgehead atoms. The lowest BCUT2D eigenvalue weighted by Crippen LogP contribution is -2.48. The Morgan fingerprint density at radius 2 is 2.00 bits per heavy atom. The van der Waals surface area contributed by atoms with Crippen molar-refractivity contribution in [3.8, 4) is 11.8 Å². The fraction of sp³-hybridized carbons (Fsp3) is 0.600. The number of amides is 1. The van der Waals surface area contributed by atoms with Crippen LogP contribution in [0.3, 0.4) is 0 Å². The van der Waals surface area contributed by atoms with E-state index in [1.807, 2.05) is 13.3 Å². The highest BCUT2D eigenvalue weighted by Gasteiger charge is 2.22. The molecule has 0 aromatic carbocycles. The van der Waals surface area contributed by atoms with Gasteiger partial charge in [-0.2, -0.15) is 0 Å². The second-order valence-electron chi connectivity index (χ2n) is 7.46. The summed E-state index contributed by atoms with van der Waals surface area (Å²) in [5, 5.41) is 0. The predicted molar refractivity (Wildman–Crippen MR) is 109 cm³/mol. The van der Waals surface area contributed by atoms with E-state index >= 15 is 0 Å². The Kier molecular flexibility index (Phi) is 5.81. The molecule has 0 radical (unpaired) electrons. The van der Waals surface area contributed by atoms with E-state index in [0.717, 1.165) is 31.6 Å². The number of nitrogen functional groups attached to an aromatic ring is 1. The van der Waals surface area contributed by atoms with Crippen molar-refractivity contribution in [2.24, 2.45) is 0 Å². The maximum Gasteiger partial charge on any atom is 0.409 e. The van der Waals surface area contributed by atoms with Gasteiger partial charge in [-0.25, -0.2) is 19.7 Å². The quantitative estimate of drug-likeness (QED) is 0.786. The maximum absolute atomic E-state index is 11.8. The molecule has 2 aliphatic rings. The number of anilines is 1. The minimum Gasteiger partial charge on any atom is -0.450 e. The Balaban J connectivity index is 1.41. The zero-order chi connectivity index (χ0) is 20.2. The summed E-state index contributed by atoms with van der Waals surface area (Å²) in [5.41, 5.74) is 7.52. The Morgan fingerprint density at radius 3 is 2.72 bits per heavy atom. The highest BCUT2D eigenvalue weighted by Crippen LogP contribution is 2.32. The maximum atomic E-state index is 11.8. The molecule has 1 saturated carbocycles. The van der Waals surface area contributed by atoms with E-state index in [-0.39, 0.29) is 6.09 Å². The van der Waals surface area contributed by atoms with Crippen molar-refractivity contribution in [1.29, 1.82) is 0 Å². The van der Waals surface area contributed by atoms with Gasteiger partial charge in [-0.1, -0.05) is 18.8 Å². The average Bonchev–Trinajstić information content (AvgIpc) is 3.38. The lowest BCUT2D eigenvalue weighted by atomic mass is 10.2. The van der Waals surface area contributed by atoms with Gasteiger partial charge in [-0.05, 0) is 25.7 Å². The number of fused-ring (bicyclic) bond motifs is 1. The highest BCUT2D eigenvalue weighted by molar-refractivity contribution is 5.82. The molecule has 1 saturated heterocycles. The third-order valence-electron chi connectivity index (χ3n) is 5.57. The normalized spacial score (nSPS) is 18.0. The molecule has 154 valence electrons. The molecule has 2 aromatic rings. The van der Waals surface area contributed by atoms with Crippen LogP contribution in [0.25, 0.3) is 11.2 Å². The fourth-order valence-corrected chi connectivity index (χ4v) is 3.98. The van der Waals surface area contributed by atoms with E-state index in [4.69, 9.17) is 10.5 Å². The van der Waals surface area contributed by atoms with Gasteiger partial charge < -0.3 is 19.9 Å².